The quantitative estimate of drug-likeness (QED) is 0.530. The molecule has 4 rings (SSSR count). The maximum atomic E-state index is 13.5. The minimum absolute atomic E-state index is 0.0689. The maximum Gasteiger partial charge on any atom is 0.410 e. The summed E-state index contributed by atoms with van der Waals surface area (Å²) in [5.74, 6) is -0.253. The van der Waals surface area contributed by atoms with Gasteiger partial charge in [-0.2, -0.15) is 0 Å². The first kappa shape index (κ1) is 27.9. The third kappa shape index (κ3) is 6.63. The Balaban J connectivity index is 1.52. The normalized spacial score (nSPS) is 19.7. The largest absolute Gasteiger partial charge is 0.444 e. The number of likely N-dealkylation sites (N-methyl/N-ethyl adjacent to an activating group) is 1. The lowest BCUT2D eigenvalue weighted by Gasteiger charge is -2.37. The fourth-order valence-electron chi connectivity index (χ4n) is 4.63. The second kappa shape index (κ2) is 11.7. The van der Waals surface area contributed by atoms with E-state index in [9.17, 15) is 9.59 Å². The van der Waals surface area contributed by atoms with Crippen LogP contribution in [0.25, 0.3) is 0 Å². The van der Waals surface area contributed by atoms with Gasteiger partial charge in [0.05, 0.1) is 17.4 Å². The highest BCUT2D eigenvalue weighted by Gasteiger charge is 2.32. The molecule has 0 aliphatic carbocycles. The van der Waals surface area contributed by atoms with E-state index in [1.807, 2.05) is 63.2 Å². The van der Waals surface area contributed by atoms with Gasteiger partial charge in [-0.05, 0) is 70.5 Å². The number of aliphatic imine (C=N–C) groups is 1. The van der Waals surface area contributed by atoms with Gasteiger partial charge in [-0.3, -0.25) is 4.79 Å². The first-order valence-corrected chi connectivity index (χ1v) is 13.6. The summed E-state index contributed by atoms with van der Waals surface area (Å²) in [6.07, 6.45) is 1.52. The summed E-state index contributed by atoms with van der Waals surface area (Å²) in [5.41, 5.74) is 2.41. The summed E-state index contributed by atoms with van der Waals surface area (Å²) in [7, 11) is 1.71. The number of piperidine rings is 1. The molecule has 2 unspecified atom stereocenters. The van der Waals surface area contributed by atoms with Crippen molar-refractivity contribution in [2.75, 3.05) is 25.0 Å². The second-order valence-corrected chi connectivity index (χ2v) is 11.3. The lowest BCUT2D eigenvalue weighted by atomic mass is 10.0. The van der Waals surface area contributed by atoms with E-state index in [0.717, 1.165) is 30.4 Å². The number of anilines is 1. The van der Waals surface area contributed by atoms with Crippen molar-refractivity contribution in [3.05, 3.63) is 64.7 Å². The molecule has 2 aromatic rings. The Morgan fingerprint density at radius 1 is 1.18 bits per heavy atom. The van der Waals surface area contributed by atoms with Crippen LogP contribution in [0.15, 0.2) is 53.5 Å². The third-order valence-corrected chi connectivity index (χ3v) is 6.96. The Hall–Kier alpha value is -3.17. The number of ether oxygens (including phenoxy) is 1. The average molecular weight is 556 g/mol. The molecule has 2 atom stereocenters. The van der Waals surface area contributed by atoms with E-state index in [1.165, 1.54) is 0 Å². The molecule has 0 radical (unpaired) electrons. The SMILES string of the molecule is CN1C(=O)C(NC(=S)NCC2CCCCN2C(=O)OC(C)(C)C)N=C(c2ccccc2)c2cc(Cl)ccc21. The van der Waals surface area contributed by atoms with Gasteiger partial charge in [0, 0.05) is 36.3 Å². The van der Waals surface area contributed by atoms with Crippen molar-refractivity contribution in [2.45, 2.75) is 57.8 Å². The number of halogens is 1. The Morgan fingerprint density at radius 2 is 1.92 bits per heavy atom. The highest BCUT2D eigenvalue weighted by atomic mass is 35.5. The highest BCUT2D eigenvalue weighted by molar-refractivity contribution is 7.80. The number of carbonyl (C=O) groups is 2. The standard InChI is InChI=1S/C28H34ClN5O3S/c1-28(2,3)37-27(36)34-15-9-8-12-20(34)17-30-26(38)32-24-25(35)33(4)22-14-13-19(29)16-21(22)23(31-24)18-10-6-5-7-11-18/h5-7,10-11,13-14,16,20,24H,8-9,12,15,17H2,1-4H3,(H2,30,32,38). The molecular formula is C28H34ClN5O3S. The zero-order chi connectivity index (χ0) is 27.4. The van der Waals surface area contributed by atoms with Gasteiger partial charge in [-0.1, -0.05) is 41.9 Å². The molecule has 0 aromatic heterocycles. The Bertz CT molecular complexity index is 1230. The number of hydrogen-bond acceptors (Lipinski definition) is 5. The fraction of sp³-hybridized carbons (Fsp3) is 0.429. The van der Waals surface area contributed by atoms with Crippen LogP contribution in [0.2, 0.25) is 5.02 Å². The van der Waals surface area contributed by atoms with E-state index in [1.54, 1.807) is 22.9 Å². The molecule has 10 heteroatoms. The number of fused-ring (bicyclic) bond motifs is 1. The summed E-state index contributed by atoms with van der Waals surface area (Å²) in [6.45, 7) is 6.65. The monoisotopic (exact) mass is 555 g/mol. The summed E-state index contributed by atoms with van der Waals surface area (Å²) >= 11 is 11.9. The predicted molar refractivity (Wildman–Crippen MR) is 155 cm³/mol. The number of likely N-dealkylation sites (tertiary alicyclic amines) is 1. The number of benzodiazepines with no additional fused rings is 1. The second-order valence-electron chi connectivity index (χ2n) is 10.5. The number of amides is 2. The van der Waals surface area contributed by atoms with Crippen LogP contribution in [-0.4, -0.2) is 65.7 Å². The summed E-state index contributed by atoms with van der Waals surface area (Å²) < 4.78 is 5.60. The van der Waals surface area contributed by atoms with Crippen LogP contribution in [-0.2, 0) is 9.53 Å². The highest BCUT2D eigenvalue weighted by Crippen LogP contribution is 2.30. The van der Waals surface area contributed by atoms with Gasteiger partial charge in [0.2, 0.25) is 6.17 Å². The number of nitrogens with one attached hydrogen (secondary N) is 2. The summed E-state index contributed by atoms with van der Waals surface area (Å²) in [5, 5.41) is 7.12. The smallest absolute Gasteiger partial charge is 0.410 e. The molecule has 1 fully saturated rings. The molecule has 2 heterocycles. The minimum atomic E-state index is -0.949. The zero-order valence-electron chi connectivity index (χ0n) is 22.2. The Kier molecular flexibility index (Phi) is 8.57. The van der Waals surface area contributed by atoms with Crippen molar-refractivity contribution < 1.29 is 14.3 Å². The van der Waals surface area contributed by atoms with E-state index in [4.69, 9.17) is 33.5 Å². The Morgan fingerprint density at radius 3 is 2.63 bits per heavy atom. The molecule has 2 amide bonds. The van der Waals surface area contributed by atoms with Gasteiger partial charge in [0.15, 0.2) is 5.11 Å². The van der Waals surface area contributed by atoms with Crippen LogP contribution in [0, 0.1) is 0 Å². The molecule has 1 saturated heterocycles. The fourth-order valence-corrected chi connectivity index (χ4v) is 4.99. The first-order valence-electron chi connectivity index (χ1n) is 12.8. The third-order valence-electron chi connectivity index (χ3n) is 6.47. The minimum Gasteiger partial charge on any atom is -0.444 e. The van der Waals surface area contributed by atoms with Crippen molar-refractivity contribution in [1.82, 2.24) is 15.5 Å². The maximum absolute atomic E-state index is 13.5. The van der Waals surface area contributed by atoms with Crippen molar-refractivity contribution in [3.8, 4) is 0 Å². The first-order chi connectivity index (χ1) is 18.0. The van der Waals surface area contributed by atoms with Crippen LogP contribution in [0.3, 0.4) is 0 Å². The van der Waals surface area contributed by atoms with Crippen molar-refractivity contribution >= 4 is 52.3 Å². The molecule has 2 aliphatic heterocycles. The van der Waals surface area contributed by atoms with Gasteiger partial charge in [0.25, 0.3) is 5.91 Å². The molecule has 2 aromatic carbocycles. The molecule has 202 valence electrons. The van der Waals surface area contributed by atoms with Gasteiger partial charge in [-0.15, -0.1) is 0 Å². The van der Waals surface area contributed by atoms with Gasteiger partial charge in [-0.25, -0.2) is 9.79 Å². The number of hydrogen-bond donors (Lipinski definition) is 2. The average Bonchev–Trinajstić information content (AvgIpc) is 2.97. The summed E-state index contributed by atoms with van der Waals surface area (Å²) in [6, 6.07) is 15.0. The molecule has 2 aliphatic rings. The number of benzene rings is 2. The van der Waals surface area contributed by atoms with Gasteiger partial charge >= 0.3 is 6.09 Å². The van der Waals surface area contributed by atoms with Gasteiger partial charge in [0.1, 0.15) is 5.60 Å². The van der Waals surface area contributed by atoms with Gasteiger partial charge < -0.3 is 25.2 Å². The van der Waals surface area contributed by atoms with E-state index in [0.29, 0.717) is 29.5 Å². The van der Waals surface area contributed by atoms with Crippen LogP contribution in [0.4, 0.5) is 10.5 Å². The number of nitrogens with zero attached hydrogens (tertiary/aromatic N) is 3. The topological polar surface area (TPSA) is 86.3 Å². The van der Waals surface area contributed by atoms with Crippen molar-refractivity contribution in [3.63, 3.8) is 0 Å². The van der Waals surface area contributed by atoms with Crippen molar-refractivity contribution in [1.29, 1.82) is 0 Å². The van der Waals surface area contributed by atoms with Crippen LogP contribution in [0.1, 0.15) is 51.2 Å². The summed E-state index contributed by atoms with van der Waals surface area (Å²) in [4.78, 5) is 34.4. The van der Waals surface area contributed by atoms with Crippen molar-refractivity contribution in [2.24, 2.45) is 4.99 Å². The lowest BCUT2D eigenvalue weighted by molar-refractivity contribution is -0.119. The zero-order valence-corrected chi connectivity index (χ0v) is 23.7. The van der Waals surface area contributed by atoms with E-state index < -0.39 is 11.8 Å². The molecular weight excluding hydrogens is 522 g/mol. The van der Waals surface area contributed by atoms with E-state index >= 15 is 0 Å². The molecule has 8 nitrogen and oxygen atoms in total. The number of carbonyl (C=O) groups excluding carboxylic acids is 2. The molecule has 0 bridgehead atoms. The molecule has 2 N–H and O–H groups in total. The molecule has 0 saturated carbocycles. The lowest BCUT2D eigenvalue weighted by Crippen LogP contribution is -2.54. The van der Waals surface area contributed by atoms with Crippen LogP contribution in [0.5, 0.6) is 0 Å². The van der Waals surface area contributed by atoms with E-state index in [2.05, 4.69) is 10.6 Å². The predicted octanol–water partition coefficient (Wildman–Crippen LogP) is 4.73. The number of rotatable bonds is 4. The van der Waals surface area contributed by atoms with Crippen LogP contribution < -0.4 is 15.5 Å². The Labute approximate surface area is 234 Å². The molecule has 38 heavy (non-hydrogen) atoms. The van der Waals surface area contributed by atoms with Crippen LogP contribution >= 0.6 is 23.8 Å². The van der Waals surface area contributed by atoms with E-state index in [-0.39, 0.29) is 23.2 Å². The molecule has 0 spiro atoms. The number of thiocarbonyl (C=S) groups is 1.